The van der Waals surface area contributed by atoms with Crippen molar-refractivity contribution in [1.29, 1.82) is 0 Å². The van der Waals surface area contributed by atoms with Gasteiger partial charge in [0.15, 0.2) is 0 Å². The van der Waals surface area contributed by atoms with Crippen molar-refractivity contribution in [2.75, 3.05) is 12.4 Å². The SMILES string of the molecule is CCCCCCC(=O)OCCCCCCCCCCCCCCCCCCS. The Balaban J connectivity index is 3.07. The highest BCUT2D eigenvalue weighted by molar-refractivity contribution is 7.80. The molecule has 0 atom stereocenters. The molecule has 0 aromatic rings. The summed E-state index contributed by atoms with van der Waals surface area (Å²) < 4.78 is 5.30. The Morgan fingerprint density at radius 3 is 1.39 bits per heavy atom. The molecule has 168 valence electrons. The second-order valence-corrected chi connectivity index (χ2v) is 8.86. The molecule has 3 heteroatoms. The van der Waals surface area contributed by atoms with E-state index in [1.807, 2.05) is 0 Å². The van der Waals surface area contributed by atoms with E-state index in [1.54, 1.807) is 0 Å². The van der Waals surface area contributed by atoms with Gasteiger partial charge in [0.1, 0.15) is 0 Å². The van der Waals surface area contributed by atoms with Gasteiger partial charge in [-0.2, -0.15) is 12.6 Å². The van der Waals surface area contributed by atoms with Crippen LogP contribution in [0.4, 0.5) is 0 Å². The van der Waals surface area contributed by atoms with E-state index in [1.165, 1.54) is 109 Å². The van der Waals surface area contributed by atoms with Crippen molar-refractivity contribution in [3.8, 4) is 0 Å². The predicted octanol–water partition coefficient (Wildman–Crippen LogP) is 8.67. The maximum Gasteiger partial charge on any atom is 0.305 e. The molecule has 0 radical (unpaired) electrons. The second kappa shape index (κ2) is 24.9. The molecule has 0 saturated heterocycles. The topological polar surface area (TPSA) is 26.3 Å². The first-order valence-corrected chi connectivity index (χ1v) is 13.2. The first-order valence-electron chi connectivity index (χ1n) is 12.6. The molecule has 0 saturated carbocycles. The lowest BCUT2D eigenvalue weighted by Gasteiger charge is -2.05. The number of esters is 1. The van der Waals surface area contributed by atoms with E-state index >= 15 is 0 Å². The molecule has 0 heterocycles. The molecule has 0 unspecified atom stereocenters. The molecule has 0 spiro atoms. The van der Waals surface area contributed by atoms with E-state index < -0.39 is 0 Å². The van der Waals surface area contributed by atoms with Gasteiger partial charge in [0.05, 0.1) is 6.61 Å². The van der Waals surface area contributed by atoms with Crippen molar-refractivity contribution >= 4 is 18.6 Å². The Bertz CT molecular complexity index is 307. The van der Waals surface area contributed by atoms with Crippen molar-refractivity contribution in [1.82, 2.24) is 0 Å². The van der Waals surface area contributed by atoms with Gasteiger partial charge in [-0.15, -0.1) is 0 Å². The number of hydrogen-bond donors (Lipinski definition) is 1. The summed E-state index contributed by atoms with van der Waals surface area (Å²) in [5.41, 5.74) is 0. The minimum absolute atomic E-state index is 0.00426. The van der Waals surface area contributed by atoms with Gasteiger partial charge in [-0.25, -0.2) is 0 Å². The minimum Gasteiger partial charge on any atom is -0.466 e. The Labute approximate surface area is 182 Å². The lowest BCUT2D eigenvalue weighted by atomic mass is 10.0. The maximum absolute atomic E-state index is 11.6. The average molecular weight is 415 g/mol. The smallest absolute Gasteiger partial charge is 0.305 e. The Morgan fingerprint density at radius 2 is 0.964 bits per heavy atom. The van der Waals surface area contributed by atoms with E-state index in [9.17, 15) is 4.79 Å². The van der Waals surface area contributed by atoms with Crippen LogP contribution in [-0.2, 0) is 9.53 Å². The Kier molecular flexibility index (Phi) is 24.7. The average Bonchev–Trinajstić information content (AvgIpc) is 2.70. The summed E-state index contributed by atoms with van der Waals surface area (Å²) in [5.74, 6) is 1.05. The zero-order chi connectivity index (χ0) is 20.5. The second-order valence-electron chi connectivity index (χ2n) is 8.41. The summed E-state index contributed by atoms with van der Waals surface area (Å²) in [5, 5.41) is 0. The molecular weight excluding hydrogens is 364 g/mol. The molecule has 0 bridgehead atoms. The molecule has 0 amide bonds. The van der Waals surface area contributed by atoms with Crippen LogP contribution in [0.2, 0.25) is 0 Å². The van der Waals surface area contributed by atoms with Gasteiger partial charge in [0, 0.05) is 6.42 Å². The van der Waals surface area contributed by atoms with Crippen molar-refractivity contribution in [2.45, 2.75) is 142 Å². The van der Waals surface area contributed by atoms with Crippen LogP contribution in [0, 0.1) is 0 Å². The highest BCUT2D eigenvalue weighted by Crippen LogP contribution is 2.14. The summed E-state index contributed by atoms with van der Waals surface area (Å²) in [6.07, 6.45) is 26.9. The van der Waals surface area contributed by atoms with E-state index in [4.69, 9.17) is 4.74 Å². The highest BCUT2D eigenvalue weighted by Gasteiger charge is 2.02. The molecule has 0 aliphatic heterocycles. The van der Waals surface area contributed by atoms with Crippen LogP contribution in [0.5, 0.6) is 0 Å². The number of ether oxygens (including phenoxy) is 1. The highest BCUT2D eigenvalue weighted by atomic mass is 32.1. The molecule has 0 aliphatic rings. The number of unbranched alkanes of at least 4 members (excludes halogenated alkanes) is 18. The first-order chi connectivity index (χ1) is 13.8. The zero-order valence-electron chi connectivity index (χ0n) is 19.0. The third-order valence-corrected chi connectivity index (χ3v) is 5.87. The van der Waals surface area contributed by atoms with Crippen LogP contribution < -0.4 is 0 Å². The number of carbonyl (C=O) groups is 1. The number of thiol groups is 1. The van der Waals surface area contributed by atoms with Gasteiger partial charge in [0.25, 0.3) is 0 Å². The van der Waals surface area contributed by atoms with Crippen LogP contribution in [-0.4, -0.2) is 18.3 Å². The third-order valence-electron chi connectivity index (χ3n) is 5.55. The summed E-state index contributed by atoms with van der Waals surface area (Å²) >= 11 is 4.26. The van der Waals surface area contributed by atoms with Crippen LogP contribution in [0.15, 0.2) is 0 Å². The molecule has 0 N–H and O–H groups in total. The lowest BCUT2D eigenvalue weighted by molar-refractivity contribution is -0.143. The quantitative estimate of drug-likeness (QED) is 0.103. The summed E-state index contributed by atoms with van der Waals surface area (Å²) in [6, 6.07) is 0. The normalized spacial score (nSPS) is 11.1. The molecular formula is C25H50O2S. The lowest BCUT2D eigenvalue weighted by Crippen LogP contribution is -2.05. The molecule has 0 aliphatic carbocycles. The summed E-state index contributed by atoms with van der Waals surface area (Å²) in [7, 11) is 0. The van der Waals surface area contributed by atoms with E-state index in [0.717, 1.165) is 25.0 Å². The van der Waals surface area contributed by atoms with E-state index in [2.05, 4.69) is 19.6 Å². The van der Waals surface area contributed by atoms with Crippen molar-refractivity contribution in [3.63, 3.8) is 0 Å². The summed E-state index contributed by atoms with van der Waals surface area (Å²) in [6.45, 7) is 2.82. The Morgan fingerprint density at radius 1 is 0.571 bits per heavy atom. The third kappa shape index (κ3) is 23.9. The molecule has 28 heavy (non-hydrogen) atoms. The molecule has 0 aromatic heterocycles. The van der Waals surface area contributed by atoms with Gasteiger partial charge in [-0.05, 0) is 25.0 Å². The van der Waals surface area contributed by atoms with Gasteiger partial charge in [-0.1, -0.05) is 116 Å². The number of hydrogen-bond acceptors (Lipinski definition) is 3. The number of carbonyl (C=O) groups excluding carboxylic acids is 1. The Hall–Kier alpha value is -0.180. The molecule has 2 nitrogen and oxygen atoms in total. The standard InChI is InChI=1S/C25H50O2S/c1-2-3-4-19-22-25(26)27-23-20-17-15-13-11-9-7-5-6-8-10-12-14-16-18-21-24-28/h28H,2-24H2,1H3. The fraction of sp³-hybridized carbons (Fsp3) is 0.960. The zero-order valence-corrected chi connectivity index (χ0v) is 19.9. The van der Waals surface area contributed by atoms with Gasteiger partial charge in [0.2, 0.25) is 0 Å². The van der Waals surface area contributed by atoms with Crippen LogP contribution >= 0.6 is 12.6 Å². The van der Waals surface area contributed by atoms with Gasteiger partial charge >= 0.3 is 5.97 Å². The van der Waals surface area contributed by atoms with Crippen LogP contribution in [0.1, 0.15) is 142 Å². The largest absolute Gasteiger partial charge is 0.466 e. The summed E-state index contributed by atoms with van der Waals surface area (Å²) in [4.78, 5) is 11.6. The first kappa shape index (κ1) is 27.8. The fourth-order valence-electron chi connectivity index (χ4n) is 3.64. The van der Waals surface area contributed by atoms with Crippen LogP contribution in [0.3, 0.4) is 0 Å². The van der Waals surface area contributed by atoms with Crippen molar-refractivity contribution < 1.29 is 9.53 Å². The molecule has 0 fully saturated rings. The van der Waals surface area contributed by atoms with Crippen molar-refractivity contribution in [3.05, 3.63) is 0 Å². The van der Waals surface area contributed by atoms with Crippen molar-refractivity contribution in [2.24, 2.45) is 0 Å². The van der Waals surface area contributed by atoms with Gasteiger partial charge in [-0.3, -0.25) is 4.79 Å². The van der Waals surface area contributed by atoms with E-state index in [0.29, 0.717) is 13.0 Å². The van der Waals surface area contributed by atoms with Crippen LogP contribution in [0.25, 0.3) is 0 Å². The van der Waals surface area contributed by atoms with E-state index in [-0.39, 0.29) is 5.97 Å². The fourth-order valence-corrected chi connectivity index (χ4v) is 3.87. The minimum atomic E-state index is 0.00426. The maximum atomic E-state index is 11.6. The van der Waals surface area contributed by atoms with Gasteiger partial charge < -0.3 is 4.74 Å². The molecule has 0 rings (SSSR count). The predicted molar refractivity (Wildman–Crippen MR) is 127 cm³/mol. The molecule has 0 aromatic carbocycles. The monoisotopic (exact) mass is 414 g/mol. The number of rotatable bonds is 23.